The zero-order valence-corrected chi connectivity index (χ0v) is 11.6. The molecule has 0 heterocycles. The van der Waals surface area contributed by atoms with Gasteiger partial charge in [0.25, 0.3) is 0 Å². The predicted octanol–water partition coefficient (Wildman–Crippen LogP) is 3.30. The molecule has 0 saturated carbocycles. The maximum atomic E-state index is 12.0. The lowest BCUT2D eigenvalue weighted by Crippen LogP contribution is -2.49. The summed E-state index contributed by atoms with van der Waals surface area (Å²) in [4.78, 5) is 12.0. The lowest BCUT2D eigenvalue weighted by Gasteiger charge is -2.32. The highest BCUT2D eigenvalue weighted by Gasteiger charge is 2.32. The minimum atomic E-state index is -0.521. The van der Waals surface area contributed by atoms with Gasteiger partial charge in [-0.1, -0.05) is 51.1 Å². The molecular weight excluding hydrogens is 234 g/mol. The average Bonchev–Trinajstić information content (AvgIpc) is 2.28. The molecule has 0 aliphatic carbocycles. The summed E-state index contributed by atoms with van der Waals surface area (Å²) in [6, 6.07) is 9.80. The first-order chi connectivity index (χ1) is 7.79. The number of alkyl halides is 1. The van der Waals surface area contributed by atoms with Crippen molar-refractivity contribution in [2.45, 2.75) is 33.2 Å². The summed E-state index contributed by atoms with van der Waals surface area (Å²) in [5.41, 5.74) is 0.0857. The number of rotatable bonds is 3. The maximum Gasteiger partial charge on any atom is 0.226 e. The van der Waals surface area contributed by atoms with Crippen molar-refractivity contribution in [1.29, 1.82) is 0 Å². The van der Waals surface area contributed by atoms with E-state index in [2.05, 4.69) is 5.32 Å². The fraction of sp³-hybridized carbons (Fsp3) is 0.500. The van der Waals surface area contributed by atoms with Crippen LogP contribution in [0.1, 0.15) is 33.3 Å². The van der Waals surface area contributed by atoms with Gasteiger partial charge in [0.05, 0.1) is 5.54 Å². The van der Waals surface area contributed by atoms with Crippen LogP contribution < -0.4 is 5.32 Å². The topological polar surface area (TPSA) is 29.1 Å². The fourth-order valence-electron chi connectivity index (χ4n) is 1.43. The van der Waals surface area contributed by atoms with E-state index in [9.17, 15) is 4.79 Å². The summed E-state index contributed by atoms with van der Waals surface area (Å²) in [5, 5.41) is 3.03. The molecule has 94 valence electrons. The maximum absolute atomic E-state index is 12.0. The van der Waals surface area contributed by atoms with Gasteiger partial charge < -0.3 is 5.32 Å². The molecule has 2 nitrogen and oxygen atoms in total. The lowest BCUT2D eigenvalue weighted by molar-refractivity contribution is -0.130. The Kier molecular flexibility index (Phi) is 4.21. The van der Waals surface area contributed by atoms with Crippen molar-refractivity contribution in [2.75, 3.05) is 5.88 Å². The van der Waals surface area contributed by atoms with Crippen LogP contribution in [0.2, 0.25) is 0 Å². The van der Waals surface area contributed by atoms with Crippen molar-refractivity contribution < 1.29 is 4.79 Å². The molecule has 0 aromatic heterocycles. The van der Waals surface area contributed by atoms with Gasteiger partial charge in [0.15, 0.2) is 0 Å². The van der Waals surface area contributed by atoms with Crippen LogP contribution in [0.5, 0.6) is 0 Å². The van der Waals surface area contributed by atoms with Crippen molar-refractivity contribution in [3.63, 3.8) is 0 Å². The van der Waals surface area contributed by atoms with E-state index >= 15 is 0 Å². The third-order valence-electron chi connectivity index (χ3n) is 2.75. The molecule has 1 rings (SSSR count). The summed E-state index contributed by atoms with van der Waals surface area (Å²) < 4.78 is 0. The molecule has 0 spiro atoms. The molecule has 1 N–H and O–H groups in total. The van der Waals surface area contributed by atoms with Gasteiger partial charge in [-0.15, -0.1) is 11.6 Å². The molecule has 17 heavy (non-hydrogen) atoms. The SMILES string of the molecule is CC(C)(C)C(=O)NC(C)(CCl)c1ccccc1. The molecule has 1 aromatic rings. The average molecular weight is 254 g/mol. The number of nitrogens with one attached hydrogen (secondary N) is 1. The Balaban J connectivity index is 2.95. The highest BCUT2D eigenvalue weighted by molar-refractivity contribution is 6.18. The van der Waals surface area contributed by atoms with E-state index in [1.807, 2.05) is 58.0 Å². The second kappa shape index (κ2) is 5.09. The molecule has 1 unspecified atom stereocenters. The normalized spacial score (nSPS) is 15.1. The number of carbonyl (C=O) groups excluding carboxylic acids is 1. The molecule has 0 saturated heterocycles. The van der Waals surface area contributed by atoms with E-state index in [4.69, 9.17) is 11.6 Å². The second-order valence-electron chi connectivity index (χ2n) is 5.54. The standard InChI is InChI=1S/C14H20ClNO/c1-13(2,3)12(17)16-14(4,10-15)11-8-6-5-7-9-11/h5-9H,10H2,1-4H3,(H,16,17). The lowest BCUT2D eigenvalue weighted by atomic mass is 9.90. The predicted molar refractivity (Wildman–Crippen MR) is 72.1 cm³/mol. The Morgan fingerprint density at radius 2 is 1.71 bits per heavy atom. The first kappa shape index (κ1) is 14.0. The van der Waals surface area contributed by atoms with Gasteiger partial charge in [-0.05, 0) is 12.5 Å². The monoisotopic (exact) mass is 253 g/mol. The van der Waals surface area contributed by atoms with Crippen LogP contribution in [-0.2, 0) is 10.3 Å². The Morgan fingerprint density at radius 1 is 1.18 bits per heavy atom. The minimum absolute atomic E-state index is 0.00417. The number of amides is 1. The first-order valence-corrected chi connectivity index (χ1v) is 6.27. The van der Waals surface area contributed by atoms with Crippen LogP contribution in [0.15, 0.2) is 30.3 Å². The van der Waals surface area contributed by atoms with Crippen molar-refractivity contribution in [1.82, 2.24) is 5.32 Å². The largest absolute Gasteiger partial charge is 0.345 e. The number of carbonyl (C=O) groups is 1. The van der Waals surface area contributed by atoms with Crippen LogP contribution in [-0.4, -0.2) is 11.8 Å². The van der Waals surface area contributed by atoms with Gasteiger partial charge >= 0.3 is 0 Å². The summed E-state index contributed by atoms with van der Waals surface area (Å²) in [7, 11) is 0. The van der Waals surface area contributed by atoms with Crippen LogP contribution in [0, 0.1) is 5.41 Å². The highest BCUT2D eigenvalue weighted by atomic mass is 35.5. The van der Waals surface area contributed by atoms with Crippen molar-refractivity contribution >= 4 is 17.5 Å². The van der Waals surface area contributed by atoms with Gasteiger partial charge in [0.1, 0.15) is 0 Å². The summed E-state index contributed by atoms with van der Waals surface area (Å²) >= 11 is 6.02. The summed E-state index contributed by atoms with van der Waals surface area (Å²) in [6.07, 6.45) is 0. The number of halogens is 1. The molecule has 1 aromatic carbocycles. The highest BCUT2D eigenvalue weighted by Crippen LogP contribution is 2.24. The molecule has 0 aliphatic heterocycles. The molecule has 1 amide bonds. The molecule has 3 heteroatoms. The number of benzene rings is 1. The van der Waals surface area contributed by atoms with Crippen molar-refractivity contribution in [2.24, 2.45) is 5.41 Å². The summed E-state index contributed by atoms with van der Waals surface area (Å²) in [5.74, 6) is 0.350. The number of hydrogen-bond donors (Lipinski definition) is 1. The van der Waals surface area contributed by atoms with Gasteiger partial charge in [-0.2, -0.15) is 0 Å². The first-order valence-electron chi connectivity index (χ1n) is 5.74. The third-order valence-corrected chi connectivity index (χ3v) is 3.28. The fourth-order valence-corrected chi connectivity index (χ4v) is 1.65. The summed E-state index contributed by atoms with van der Waals surface area (Å²) in [6.45, 7) is 7.62. The van der Waals surface area contributed by atoms with E-state index in [-0.39, 0.29) is 5.91 Å². The van der Waals surface area contributed by atoms with Crippen LogP contribution >= 0.6 is 11.6 Å². The second-order valence-corrected chi connectivity index (χ2v) is 5.80. The minimum Gasteiger partial charge on any atom is -0.345 e. The smallest absolute Gasteiger partial charge is 0.226 e. The molecule has 0 bridgehead atoms. The Morgan fingerprint density at radius 3 is 2.12 bits per heavy atom. The number of hydrogen-bond acceptors (Lipinski definition) is 1. The van der Waals surface area contributed by atoms with E-state index in [0.29, 0.717) is 5.88 Å². The van der Waals surface area contributed by atoms with E-state index < -0.39 is 11.0 Å². The third kappa shape index (κ3) is 3.47. The molecule has 0 radical (unpaired) electrons. The van der Waals surface area contributed by atoms with Crippen LogP contribution in [0.4, 0.5) is 0 Å². The van der Waals surface area contributed by atoms with E-state index in [1.165, 1.54) is 0 Å². The van der Waals surface area contributed by atoms with Gasteiger partial charge in [0, 0.05) is 11.3 Å². The van der Waals surface area contributed by atoms with Crippen LogP contribution in [0.3, 0.4) is 0 Å². The van der Waals surface area contributed by atoms with Gasteiger partial charge in [0.2, 0.25) is 5.91 Å². The Hall–Kier alpha value is -1.02. The quantitative estimate of drug-likeness (QED) is 0.823. The van der Waals surface area contributed by atoms with Gasteiger partial charge in [-0.3, -0.25) is 4.79 Å². The zero-order chi connectivity index (χ0) is 13.1. The molecular formula is C14H20ClNO. The van der Waals surface area contributed by atoms with Gasteiger partial charge in [-0.25, -0.2) is 0 Å². The molecule has 0 fully saturated rings. The Bertz CT molecular complexity index is 383. The van der Waals surface area contributed by atoms with E-state index in [1.54, 1.807) is 0 Å². The van der Waals surface area contributed by atoms with Crippen molar-refractivity contribution in [3.05, 3.63) is 35.9 Å². The zero-order valence-electron chi connectivity index (χ0n) is 10.9. The van der Waals surface area contributed by atoms with Crippen LogP contribution in [0.25, 0.3) is 0 Å². The molecule has 0 aliphatic rings. The molecule has 1 atom stereocenters. The Labute approximate surface area is 108 Å². The van der Waals surface area contributed by atoms with Crippen molar-refractivity contribution in [3.8, 4) is 0 Å². The van der Waals surface area contributed by atoms with E-state index in [0.717, 1.165) is 5.56 Å².